The largest absolute Gasteiger partial charge is 0.472 e. The Hall–Kier alpha value is -2.29. The van der Waals surface area contributed by atoms with Crippen LogP contribution in [-0.4, -0.2) is 49.3 Å². The Kier molecular flexibility index (Phi) is 74.8. The highest BCUT2D eigenvalue weighted by Gasteiger charge is 2.26. The summed E-state index contributed by atoms with van der Waals surface area (Å²) in [7, 11) is -4.40. The number of rotatable bonds is 76. The number of ether oxygens (including phenoxy) is 2. The quantitative estimate of drug-likeness (QED) is 0.0264. The zero-order chi connectivity index (χ0) is 65.8. The van der Waals surface area contributed by atoms with E-state index in [1.165, 1.54) is 308 Å². The molecule has 0 aliphatic rings. The standard InChI is InChI=1S/C81H152NO8P/c1-3-5-7-9-11-13-15-17-19-21-23-25-27-29-31-33-34-35-36-37-38-39-40-41-42-43-44-46-47-49-51-53-55-57-59-61-63-65-67-69-71-73-80(83)87-77-79(78-89-91(85,86)88-76-75-82)90-81(84)74-72-70-68-66-64-62-60-58-56-54-52-50-48-45-32-30-28-26-24-22-20-18-16-14-12-10-8-6-4-2/h6,8,12,14,18,20,24,26,30,32,79H,3-5,7,9-11,13,15-17,19,21-23,25,27-29,31,33-78,82H2,1-2H3,(H,85,86)/b8-6-,14-12-,20-18-,26-24-,32-30-. The molecule has 0 amide bonds. The van der Waals surface area contributed by atoms with Crippen molar-refractivity contribution in [3.8, 4) is 0 Å². The molecule has 9 nitrogen and oxygen atoms in total. The molecule has 0 aromatic carbocycles. The van der Waals surface area contributed by atoms with Crippen LogP contribution in [0.5, 0.6) is 0 Å². The maximum absolute atomic E-state index is 12.8. The number of hydrogen-bond acceptors (Lipinski definition) is 8. The molecule has 0 spiro atoms. The van der Waals surface area contributed by atoms with Crippen LogP contribution in [0.2, 0.25) is 0 Å². The molecule has 2 unspecified atom stereocenters. The van der Waals surface area contributed by atoms with Gasteiger partial charge in [0.05, 0.1) is 13.2 Å². The molecule has 0 radical (unpaired) electrons. The van der Waals surface area contributed by atoms with Crippen LogP contribution in [0.1, 0.15) is 412 Å². The zero-order valence-electron chi connectivity index (χ0n) is 60.3. The van der Waals surface area contributed by atoms with Crippen molar-refractivity contribution >= 4 is 19.8 Å². The molecule has 0 saturated carbocycles. The van der Waals surface area contributed by atoms with Crippen LogP contribution >= 0.6 is 7.82 Å². The third-order valence-corrected chi connectivity index (χ3v) is 18.9. The summed E-state index contributed by atoms with van der Waals surface area (Å²) in [5, 5.41) is 0. The molecule has 0 aliphatic heterocycles. The number of hydrogen-bond donors (Lipinski definition) is 2. The van der Waals surface area contributed by atoms with Crippen molar-refractivity contribution in [2.75, 3.05) is 26.4 Å². The lowest BCUT2D eigenvalue weighted by molar-refractivity contribution is -0.161. The summed E-state index contributed by atoms with van der Waals surface area (Å²) in [5.41, 5.74) is 5.41. The minimum atomic E-state index is -4.40. The van der Waals surface area contributed by atoms with Crippen LogP contribution in [0.4, 0.5) is 0 Å². The molecule has 2 atom stereocenters. The van der Waals surface area contributed by atoms with Gasteiger partial charge in [-0.05, 0) is 57.8 Å². The SMILES string of the molecule is CC/C=C\C/C=C\C/C=C\C/C=C\C/C=C\CCCCCCCCCCCCCCCC(=O)OC(COC(=O)CCCCCCCCCCCCCCCCCCCCCCCCCCCCCCCCCCCCCCCCCCC)COP(=O)(O)OCCN. The third-order valence-electron chi connectivity index (χ3n) is 17.9. The van der Waals surface area contributed by atoms with Gasteiger partial charge in [0.25, 0.3) is 0 Å². The lowest BCUT2D eigenvalue weighted by atomic mass is 10.0. The van der Waals surface area contributed by atoms with Crippen LogP contribution in [0, 0.1) is 0 Å². The fraction of sp³-hybridized carbons (Fsp3) is 0.852. The first-order valence-corrected chi connectivity index (χ1v) is 41.3. The number of carbonyl (C=O) groups is 2. The van der Waals surface area contributed by atoms with Crippen molar-refractivity contribution in [2.45, 2.75) is 418 Å². The average molecular weight is 1300 g/mol. The van der Waals surface area contributed by atoms with Crippen LogP contribution < -0.4 is 5.73 Å². The van der Waals surface area contributed by atoms with E-state index >= 15 is 0 Å². The molecule has 10 heteroatoms. The van der Waals surface area contributed by atoms with Crippen molar-refractivity contribution < 1.29 is 37.6 Å². The van der Waals surface area contributed by atoms with Gasteiger partial charge >= 0.3 is 19.8 Å². The van der Waals surface area contributed by atoms with Gasteiger partial charge in [0.2, 0.25) is 0 Å². The van der Waals surface area contributed by atoms with Crippen LogP contribution in [0.3, 0.4) is 0 Å². The number of carbonyl (C=O) groups excluding carboxylic acids is 2. The fourth-order valence-corrected chi connectivity index (χ4v) is 12.8. The smallest absolute Gasteiger partial charge is 0.462 e. The molecule has 0 bridgehead atoms. The molecular formula is C81H152NO8P. The molecule has 0 fully saturated rings. The van der Waals surface area contributed by atoms with Gasteiger partial charge in [-0.1, -0.05) is 402 Å². The topological polar surface area (TPSA) is 134 Å². The highest BCUT2D eigenvalue weighted by Crippen LogP contribution is 2.43. The van der Waals surface area contributed by atoms with E-state index in [1.807, 2.05) is 0 Å². The monoisotopic (exact) mass is 1300 g/mol. The van der Waals surface area contributed by atoms with Crippen molar-refractivity contribution in [1.29, 1.82) is 0 Å². The Labute approximate surface area is 565 Å². The van der Waals surface area contributed by atoms with Crippen molar-refractivity contribution in [3.63, 3.8) is 0 Å². The second-order valence-corrected chi connectivity index (χ2v) is 28.4. The number of phosphoric ester groups is 1. The predicted molar refractivity (Wildman–Crippen MR) is 395 cm³/mol. The number of unbranched alkanes of at least 4 members (excludes halogenated alkanes) is 53. The van der Waals surface area contributed by atoms with E-state index in [0.717, 1.165) is 70.6 Å². The van der Waals surface area contributed by atoms with E-state index in [2.05, 4.69) is 74.6 Å². The molecule has 0 aromatic rings. The van der Waals surface area contributed by atoms with E-state index in [0.29, 0.717) is 6.42 Å². The van der Waals surface area contributed by atoms with Crippen molar-refractivity contribution in [1.82, 2.24) is 0 Å². The van der Waals surface area contributed by atoms with Gasteiger partial charge in [-0.25, -0.2) is 4.57 Å². The van der Waals surface area contributed by atoms with Gasteiger partial charge in [0.1, 0.15) is 6.61 Å². The predicted octanol–water partition coefficient (Wildman–Crippen LogP) is 26.5. The summed E-state index contributed by atoms with van der Waals surface area (Å²) in [4.78, 5) is 35.4. The first-order chi connectivity index (χ1) is 44.8. The van der Waals surface area contributed by atoms with Crippen molar-refractivity contribution in [3.05, 3.63) is 60.8 Å². The number of allylic oxidation sites excluding steroid dienone is 10. The van der Waals surface area contributed by atoms with Gasteiger partial charge in [-0.3, -0.25) is 18.6 Å². The van der Waals surface area contributed by atoms with E-state index in [-0.39, 0.29) is 38.6 Å². The first kappa shape index (κ1) is 88.7. The Morgan fingerprint density at radius 3 is 0.901 bits per heavy atom. The molecule has 0 aromatic heterocycles. The van der Waals surface area contributed by atoms with Crippen LogP contribution in [0.25, 0.3) is 0 Å². The van der Waals surface area contributed by atoms with Crippen LogP contribution in [0.15, 0.2) is 60.8 Å². The van der Waals surface area contributed by atoms with E-state index in [4.69, 9.17) is 24.3 Å². The number of esters is 2. The summed E-state index contributed by atoms with van der Waals surface area (Å²) < 4.78 is 33.3. The lowest BCUT2D eigenvalue weighted by Crippen LogP contribution is -2.29. The van der Waals surface area contributed by atoms with Gasteiger partial charge < -0.3 is 20.1 Å². The van der Waals surface area contributed by atoms with Gasteiger partial charge in [0.15, 0.2) is 6.10 Å². The second kappa shape index (κ2) is 76.7. The third kappa shape index (κ3) is 76.6. The molecule has 0 aliphatic carbocycles. The van der Waals surface area contributed by atoms with Gasteiger partial charge in [0, 0.05) is 19.4 Å². The summed E-state index contributed by atoms with van der Waals surface area (Å²) in [6, 6.07) is 0. The van der Waals surface area contributed by atoms with E-state index in [1.54, 1.807) is 0 Å². The summed E-state index contributed by atoms with van der Waals surface area (Å²) in [6.07, 6.45) is 101. The Balaban J connectivity index is 3.74. The highest BCUT2D eigenvalue weighted by atomic mass is 31.2. The molecule has 0 saturated heterocycles. The van der Waals surface area contributed by atoms with Crippen molar-refractivity contribution in [2.24, 2.45) is 5.73 Å². The van der Waals surface area contributed by atoms with Crippen LogP contribution in [-0.2, 0) is 32.7 Å². The molecule has 0 heterocycles. The normalized spacial score (nSPS) is 13.1. The Morgan fingerprint density at radius 1 is 0.341 bits per heavy atom. The van der Waals surface area contributed by atoms with E-state index in [9.17, 15) is 19.0 Å². The lowest BCUT2D eigenvalue weighted by Gasteiger charge is -2.19. The van der Waals surface area contributed by atoms with E-state index < -0.39 is 26.5 Å². The zero-order valence-corrected chi connectivity index (χ0v) is 61.2. The maximum Gasteiger partial charge on any atom is 0.472 e. The summed E-state index contributed by atoms with van der Waals surface area (Å²) >= 11 is 0. The minimum absolute atomic E-state index is 0.0536. The maximum atomic E-state index is 12.8. The van der Waals surface area contributed by atoms with Gasteiger partial charge in [-0.15, -0.1) is 0 Å². The molecule has 3 N–H and O–H groups in total. The molecular weight excluding hydrogens is 1150 g/mol. The molecule has 534 valence electrons. The minimum Gasteiger partial charge on any atom is -0.462 e. The number of phosphoric acid groups is 1. The Morgan fingerprint density at radius 2 is 0.604 bits per heavy atom. The summed E-state index contributed by atoms with van der Waals surface area (Å²) in [5.74, 6) is -0.810. The molecule has 91 heavy (non-hydrogen) atoms. The average Bonchev–Trinajstić information content (AvgIpc) is 3.68. The fourth-order valence-electron chi connectivity index (χ4n) is 12.1. The molecule has 0 rings (SSSR count). The highest BCUT2D eigenvalue weighted by molar-refractivity contribution is 7.47. The first-order valence-electron chi connectivity index (χ1n) is 39.8. The number of nitrogens with two attached hydrogens (primary N) is 1. The summed E-state index contributed by atoms with van der Waals surface area (Å²) in [6.45, 7) is 3.70. The second-order valence-electron chi connectivity index (χ2n) is 26.9. The van der Waals surface area contributed by atoms with Gasteiger partial charge in [-0.2, -0.15) is 0 Å². The Bertz CT molecular complexity index is 1680.